The van der Waals surface area contributed by atoms with E-state index in [1.807, 2.05) is 0 Å². The zero-order chi connectivity index (χ0) is 11.3. The first-order chi connectivity index (χ1) is 7.10. The SMILES string of the molecule is CCCC(CCN)CNS(=O)(=O)C1CC1. The van der Waals surface area contributed by atoms with Crippen molar-refractivity contribution in [2.45, 2.75) is 44.3 Å². The second-order valence-electron chi connectivity index (χ2n) is 4.32. The summed E-state index contributed by atoms with van der Waals surface area (Å²) in [6.45, 7) is 3.30. The lowest BCUT2D eigenvalue weighted by atomic mass is 10.0. The van der Waals surface area contributed by atoms with Crippen LogP contribution in [-0.4, -0.2) is 26.8 Å². The molecule has 0 aromatic carbocycles. The summed E-state index contributed by atoms with van der Waals surface area (Å²) in [6.07, 6.45) is 4.68. The van der Waals surface area contributed by atoms with E-state index in [0.717, 1.165) is 32.1 Å². The van der Waals surface area contributed by atoms with Gasteiger partial charge in [0.2, 0.25) is 10.0 Å². The Kier molecular flexibility index (Phi) is 5.02. The van der Waals surface area contributed by atoms with Crippen molar-refractivity contribution < 1.29 is 8.42 Å². The highest BCUT2D eigenvalue weighted by atomic mass is 32.2. The van der Waals surface area contributed by atoms with Gasteiger partial charge in [-0.3, -0.25) is 0 Å². The first-order valence-electron chi connectivity index (χ1n) is 5.78. The summed E-state index contributed by atoms with van der Waals surface area (Å²) in [5, 5.41) is -0.113. The van der Waals surface area contributed by atoms with E-state index in [-0.39, 0.29) is 5.25 Å². The van der Waals surface area contributed by atoms with Gasteiger partial charge in [-0.05, 0) is 38.1 Å². The molecule has 15 heavy (non-hydrogen) atoms. The van der Waals surface area contributed by atoms with Crippen molar-refractivity contribution in [3.8, 4) is 0 Å². The molecule has 5 heteroatoms. The quantitative estimate of drug-likeness (QED) is 0.653. The highest BCUT2D eigenvalue weighted by Gasteiger charge is 2.35. The third kappa shape index (κ3) is 4.49. The van der Waals surface area contributed by atoms with Crippen LogP contribution in [-0.2, 0) is 10.0 Å². The van der Waals surface area contributed by atoms with Crippen LogP contribution in [0.2, 0.25) is 0 Å². The number of nitrogens with two attached hydrogens (primary N) is 1. The molecular weight excluding hydrogens is 212 g/mol. The topological polar surface area (TPSA) is 72.2 Å². The van der Waals surface area contributed by atoms with Crippen molar-refractivity contribution >= 4 is 10.0 Å². The van der Waals surface area contributed by atoms with Crippen molar-refractivity contribution in [2.24, 2.45) is 11.7 Å². The molecular formula is C10H22N2O2S. The third-order valence-corrected chi connectivity index (χ3v) is 4.73. The molecule has 0 aromatic rings. The Morgan fingerprint density at radius 3 is 2.53 bits per heavy atom. The van der Waals surface area contributed by atoms with Crippen molar-refractivity contribution in [2.75, 3.05) is 13.1 Å². The van der Waals surface area contributed by atoms with Crippen LogP contribution in [0.3, 0.4) is 0 Å². The molecule has 90 valence electrons. The Hall–Kier alpha value is -0.130. The van der Waals surface area contributed by atoms with E-state index < -0.39 is 10.0 Å². The molecule has 1 fully saturated rings. The average molecular weight is 234 g/mol. The minimum atomic E-state index is -3.01. The van der Waals surface area contributed by atoms with Crippen molar-refractivity contribution in [1.82, 2.24) is 4.72 Å². The maximum atomic E-state index is 11.6. The van der Waals surface area contributed by atoms with Crippen LogP contribution in [0.15, 0.2) is 0 Å². The van der Waals surface area contributed by atoms with E-state index in [1.165, 1.54) is 0 Å². The first kappa shape index (κ1) is 12.9. The van der Waals surface area contributed by atoms with Gasteiger partial charge in [0, 0.05) is 6.54 Å². The summed E-state index contributed by atoms with van der Waals surface area (Å²) in [7, 11) is -3.01. The lowest BCUT2D eigenvalue weighted by Gasteiger charge is -2.15. The van der Waals surface area contributed by atoms with E-state index in [4.69, 9.17) is 5.73 Å². The molecule has 0 radical (unpaired) electrons. The second-order valence-corrected chi connectivity index (χ2v) is 6.37. The molecule has 0 spiro atoms. The Labute approximate surface area is 92.7 Å². The Morgan fingerprint density at radius 2 is 2.07 bits per heavy atom. The number of sulfonamides is 1. The predicted molar refractivity (Wildman–Crippen MR) is 62.0 cm³/mol. The lowest BCUT2D eigenvalue weighted by molar-refractivity contribution is 0.443. The Bertz CT molecular complexity index is 267. The van der Waals surface area contributed by atoms with E-state index >= 15 is 0 Å². The molecule has 1 rings (SSSR count). The van der Waals surface area contributed by atoms with Gasteiger partial charge in [0.25, 0.3) is 0 Å². The van der Waals surface area contributed by atoms with E-state index in [2.05, 4.69) is 11.6 Å². The van der Waals surface area contributed by atoms with Gasteiger partial charge in [-0.2, -0.15) is 0 Å². The highest BCUT2D eigenvalue weighted by molar-refractivity contribution is 7.90. The maximum Gasteiger partial charge on any atom is 0.214 e. The average Bonchev–Trinajstić information content (AvgIpc) is 2.98. The summed E-state index contributed by atoms with van der Waals surface area (Å²) in [5.41, 5.74) is 5.49. The maximum absolute atomic E-state index is 11.6. The fourth-order valence-electron chi connectivity index (χ4n) is 1.72. The molecule has 1 aliphatic carbocycles. The van der Waals surface area contributed by atoms with Gasteiger partial charge in [-0.25, -0.2) is 13.1 Å². The fourth-order valence-corrected chi connectivity index (χ4v) is 3.18. The molecule has 0 heterocycles. The molecule has 1 unspecified atom stereocenters. The summed E-state index contributed by atoms with van der Waals surface area (Å²) in [5.74, 6) is 0.397. The molecule has 3 N–H and O–H groups in total. The zero-order valence-corrected chi connectivity index (χ0v) is 10.2. The van der Waals surface area contributed by atoms with Crippen LogP contribution in [0.5, 0.6) is 0 Å². The fraction of sp³-hybridized carbons (Fsp3) is 1.00. The Balaban J connectivity index is 2.31. The van der Waals surface area contributed by atoms with E-state index in [1.54, 1.807) is 0 Å². The summed E-state index contributed by atoms with van der Waals surface area (Å²) in [4.78, 5) is 0. The van der Waals surface area contributed by atoms with Crippen LogP contribution in [0.4, 0.5) is 0 Å². The predicted octanol–water partition coefficient (Wildman–Crippen LogP) is 0.833. The minimum Gasteiger partial charge on any atom is -0.330 e. The molecule has 4 nitrogen and oxygen atoms in total. The lowest BCUT2D eigenvalue weighted by Crippen LogP contribution is -2.32. The normalized spacial score (nSPS) is 19.1. The standard InChI is InChI=1S/C10H22N2O2S/c1-2-3-9(6-7-11)8-12-15(13,14)10-4-5-10/h9-10,12H,2-8,11H2,1H3. The number of rotatable bonds is 8. The Morgan fingerprint density at radius 1 is 1.40 bits per heavy atom. The van der Waals surface area contributed by atoms with Gasteiger partial charge in [-0.1, -0.05) is 13.3 Å². The van der Waals surface area contributed by atoms with Gasteiger partial charge in [-0.15, -0.1) is 0 Å². The van der Waals surface area contributed by atoms with Crippen molar-refractivity contribution in [3.63, 3.8) is 0 Å². The van der Waals surface area contributed by atoms with Gasteiger partial charge in [0.1, 0.15) is 0 Å². The molecule has 0 aromatic heterocycles. The summed E-state index contributed by atoms with van der Waals surface area (Å²) < 4.78 is 25.8. The number of nitrogens with one attached hydrogen (secondary N) is 1. The largest absolute Gasteiger partial charge is 0.330 e. The minimum absolute atomic E-state index is 0.113. The van der Waals surface area contributed by atoms with Crippen LogP contribution in [0.25, 0.3) is 0 Å². The molecule has 0 aliphatic heterocycles. The van der Waals surface area contributed by atoms with Gasteiger partial charge in [0.05, 0.1) is 5.25 Å². The van der Waals surface area contributed by atoms with Crippen molar-refractivity contribution in [3.05, 3.63) is 0 Å². The van der Waals surface area contributed by atoms with Crippen LogP contribution in [0.1, 0.15) is 39.0 Å². The number of hydrogen-bond donors (Lipinski definition) is 2. The summed E-state index contributed by atoms with van der Waals surface area (Å²) in [6, 6.07) is 0. The molecule has 1 atom stereocenters. The monoisotopic (exact) mass is 234 g/mol. The third-order valence-electron chi connectivity index (χ3n) is 2.81. The van der Waals surface area contributed by atoms with Gasteiger partial charge < -0.3 is 5.73 Å². The van der Waals surface area contributed by atoms with Crippen LogP contribution in [0, 0.1) is 5.92 Å². The summed E-state index contributed by atoms with van der Waals surface area (Å²) >= 11 is 0. The second kappa shape index (κ2) is 5.82. The molecule has 1 aliphatic rings. The molecule has 0 saturated heterocycles. The molecule has 1 saturated carbocycles. The van der Waals surface area contributed by atoms with Crippen LogP contribution < -0.4 is 10.5 Å². The molecule has 0 bridgehead atoms. The van der Waals surface area contributed by atoms with Gasteiger partial charge in [0.15, 0.2) is 0 Å². The first-order valence-corrected chi connectivity index (χ1v) is 7.33. The highest BCUT2D eigenvalue weighted by Crippen LogP contribution is 2.27. The van der Waals surface area contributed by atoms with Crippen molar-refractivity contribution in [1.29, 1.82) is 0 Å². The van der Waals surface area contributed by atoms with Gasteiger partial charge >= 0.3 is 0 Å². The smallest absolute Gasteiger partial charge is 0.214 e. The number of hydrogen-bond acceptors (Lipinski definition) is 3. The zero-order valence-electron chi connectivity index (χ0n) is 9.41. The van der Waals surface area contributed by atoms with Crippen LogP contribution >= 0.6 is 0 Å². The van der Waals surface area contributed by atoms with E-state index in [0.29, 0.717) is 19.0 Å². The molecule has 0 amide bonds. The van der Waals surface area contributed by atoms with E-state index in [9.17, 15) is 8.42 Å².